The summed E-state index contributed by atoms with van der Waals surface area (Å²) < 4.78 is 86.9. The normalized spacial score (nSPS) is 12.1. The standard InChI is InChI=1S/C32H25F2N5O4S2/c33-29-11-3-1-9-27(29)31-15-23(17-37-31)20-38(44(40,41)25-7-5-13-35-18-25)21-24-16-32(28-10-2-4-12-30(28)34)39(22-24)45(42,43)26-8-6-14-36-19-26/h1-19,22,37H,20-21H2. The zero-order chi connectivity index (χ0) is 31.6. The third kappa shape index (κ3) is 6.05. The number of pyridine rings is 2. The Morgan fingerprint density at radius 3 is 1.93 bits per heavy atom. The third-order valence-electron chi connectivity index (χ3n) is 7.08. The molecule has 6 rings (SSSR count). The molecule has 0 fully saturated rings. The minimum atomic E-state index is -4.26. The number of H-pyrrole nitrogens is 1. The second-order valence-electron chi connectivity index (χ2n) is 10.1. The van der Waals surface area contributed by atoms with E-state index in [1.807, 2.05) is 0 Å². The van der Waals surface area contributed by atoms with Crippen molar-refractivity contribution in [2.45, 2.75) is 22.9 Å². The Kier molecular flexibility index (Phi) is 8.14. The Labute approximate surface area is 258 Å². The number of aromatic amines is 1. The Balaban J connectivity index is 1.44. The van der Waals surface area contributed by atoms with E-state index in [9.17, 15) is 21.2 Å². The first-order chi connectivity index (χ1) is 21.6. The number of nitrogens with zero attached hydrogens (tertiary/aromatic N) is 4. The molecule has 0 aliphatic heterocycles. The molecule has 0 spiro atoms. The van der Waals surface area contributed by atoms with Crippen molar-refractivity contribution in [3.05, 3.63) is 145 Å². The highest BCUT2D eigenvalue weighted by Gasteiger charge is 2.29. The molecule has 2 aromatic carbocycles. The van der Waals surface area contributed by atoms with Gasteiger partial charge in [0.1, 0.15) is 21.4 Å². The minimum Gasteiger partial charge on any atom is -0.361 e. The first kappa shape index (κ1) is 30.1. The van der Waals surface area contributed by atoms with Gasteiger partial charge in [-0.3, -0.25) is 9.97 Å². The van der Waals surface area contributed by atoms with E-state index in [2.05, 4.69) is 15.0 Å². The fourth-order valence-electron chi connectivity index (χ4n) is 4.91. The van der Waals surface area contributed by atoms with Crippen molar-refractivity contribution in [1.82, 2.24) is 23.2 Å². The summed E-state index contributed by atoms with van der Waals surface area (Å²) in [7, 11) is -8.44. The first-order valence-electron chi connectivity index (χ1n) is 13.6. The van der Waals surface area contributed by atoms with Crippen molar-refractivity contribution in [2.75, 3.05) is 0 Å². The summed E-state index contributed by atoms with van der Waals surface area (Å²) >= 11 is 0. The molecule has 0 unspecified atom stereocenters. The van der Waals surface area contributed by atoms with Crippen LogP contribution in [0.4, 0.5) is 8.78 Å². The van der Waals surface area contributed by atoms with Crippen molar-refractivity contribution in [3.63, 3.8) is 0 Å². The summed E-state index contributed by atoms with van der Waals surface area (Å²) in [5.41, 5.74) is 1.60. The molecule has 9 nitrogen and oxygen atoms in total. The van der Waals surface area contributed by atoms with E-state index in [4.69, 9.17) is 0 Å². The molecule has 0 saturated carbocycles. The molecule has 0 saturated heterocycles. The van der Waals surface area contributed by atoms with Gasteiger partial charge in [0, 0.05) is 67.1 Å². The lowest BCUT2D eigenvalue weighted by Gasteiger charge is -2.21. The molecule has 0 aliphatic carbocycles. The van der Waals surface area contributed by atoms with Crippen LogP contribution in [0, 0.1) is 11.6 Å². The maximum absolute atomic E-state index is 15.0. The second kappa shape index (κ2) is 12.2. The molecule has 0 aliphatic rings. The Morgan fingerprint density at radius 1 is 0.711 bits per heavy atom. The summed E-state index contributed by atoms with van der Waals surface area (Å²) in [5.74, 6) is -1.10. The van der Waals surface area contributed by atoms with Crippen LogP contribution in [-0.4, -0.2) is 40.1 Å². The average Bonchev–Trinajstić information content (AvgIpc) is 3.70. The van der Waals surface area contributed by atoms with E-state index in [-0.39, 0.29) is 39.7 Å². The van der Waals surface area contributed by atoms with Gasteiger partial charge < -0.3 is 4.98 Å². The second-order valence-corrected chi connectivity index (χ2v) is 13.8. The quantitative estimate of drug-likeness (QED) is 0.200. The largest absolute Gasteiger partial charge is 0.361 e. The molecule has 1 N–H and O–H groups in total. The number of hydrogen-bond acceptors (Lipinski definition) is 6. The van der Waals surface area contributed by atoms with Crippen molar-refractivity contribution in [3.8, 4) is 22.5 Å². The highest BCUT2D eigenvalue weighted by Crippen LogP contribution is 2.31. The van der Waals surface area contributed by atoms with Crippen molar-refractivity contribution in [1.29, 1.82) is 0 Å². The minimum absolute atomic E-state index is 0.00848. The molecule has 0 amide bonds. The summed E-state index contributed by atoms with van der Waals surface area (Å²) in [5, 5.41) is 0. The predicted molar refractivity (Wildman–Crippen MR) is 164 cm³/mol. The molecule has 0 atom stereocenters. The number of aromatic nitrogens is 4. The van der Waals surface area contributed by atoms with E-state index >= 15 is 4.39 Å². The lowest BCUT2D eigenvalue weighted by atomic mass is 10.1. The molecule has 0 radical (unpaired) electrons. The van der Waals surface area contributed by atoms with E-state index in [1.165, 1.54) is 85.6 Å². The van der Waals surface area contributed by atoms with E-state index < -0.39 is 31.7 Å². The van der Waals surface area contributed by atoms with Crippen LogP contribution in [0.3, 0.4) is 0 Å². The van der Waals surface area contributed by atoms with Crippen LogP contribution in [0.15, 0.2) is 132 Å². The third-order valence-corrected chi connectivity index (χ3v) is 10.5. The van der Waals surface area contributed by atoms with Crippen LogP contribution in [-0.2, 0) is 33.1 Å². The smallest absolute Gasteiger partial charge is 0.269 e. The molecular formula is C32H25F2N5O4S2. The molecule has 0 bridgehead atoms. The van der Waals surface area contributed by atoms with Gasteiger partial charge >= 0.3 is 0 Å². The van der Waals surface area contributed by atoms with Crippen LogP contribution in [0.25, 0.3) is 22.5 Å². The van der Waals surface area contributed by atoms with Gasteiger partial charge in [-0.05, 0) is 71.8 Å². The number of sulfonamides is 1. The molecule has 4 heterocycles. The number of hydrogen-bond donors (Lipinski definition) is 1. The monoisotopic (exact) mass is 645 g/mol. The zero-order valence-electron chi connectivity index (χ0n) is 23.5. The van der Waals surface area contributed by atoms with Crippen molar-refractivity contribution < 1.29 is 25.6 Å². The lowest BCUT2D eigenvalue weighted by molar-refractivity contribution is 0.401. The van der Waals surface area contributed by atoms with Gasteiger partial charge in [0.2, 0.25) is 10.0 Å². The van der Waals surface area contributed by atoms with Gasteiger partial charge in [-0.2, -0.15) is 4.31 Å². The van der Waals surface area contributed by atoms with Crippen LogP contribution in [0.1, 0.15) is 11.1 Å². The van der Waals surface area contributed by atoms with E-state index in [0.29, 0.717) is 16.8 Å². The zero-order valence-corrected chi connectivity index (χ0v) is 25.1. The van der Waals surface area contributed by atoms with Crippen LogP contribution < -0.4 is 0 Å². The van der Waals surface area contributed by atoms with Crippen LogP contribution in [0.5, 0.6) is 0 Å². The molecule has 13 heteroatoms. The molecule has 45 heavy (non-hydrogen) atoms. The van der Waals surface area contributed by atoms with Crippen LogP contribution in [0.2, 0.25) is 0 Å². The number of halogens is 2. The van der Waals surface area contributed by atoms with Gasteiger partial charge in [0.05, 0.1) is 5.69 Å². The molecule has 4 aromatic heterocycles. The van der Waals surface area contributed by atoms with Gasteiger partial charge in [-0.25, -0.2) is 29.6 Å². The Morgan fingerprint density at radius 2 is 1.31 bits per heavy atom. The number of nitrogens with one attached hydrogen (secondary N) is 1. The fraction of sp³-hybridized carbons (Fsp3) is 0.0625. The first-order valence-corrected chi connectivity index (χ1v) is 16.5. The topological polar surface area (TPSA) is 118 Å². The summed E-state index contributed by atoms with van der Waals surface area (Å²) in [6, 6.07) is 20.7. The van der Waals surface area contributed by atoms with E-state index in [0.717, 1.165) is 8.28 Å². The summed E-state index contributed by atoms with van der Waals surface area (Å²) in [4.78, 5) is 10.6. The SMILES string of the molecule is O=S(=O)(c1cccnc1)N(Cc1c[nH]c(-c2ccccc2F)c1)Cc1cc(-c2ccccc2F)n(S(=O)(=O)c2cccnc2)c1. The lowest BCUT2D eigenvalue weighted by Crippen LogP contribution is -2.30. The predicted octanol–water partition coefficient (Wildman–Crippen LogP) is 5.85. The Bertz CT molecular complexity index is 2190. The summed E-state index contributed by atoms with van der Waals surface area (Å²) in [6.45, 7) is -0.438. The molecule has 228 valence electrons. The number of rotatable bonds is 10. The van der Waals surface area contributed by atoms with Gasteiger partial charge in [0.25, 0.3) is 10.0 Å². The highest BCUT2D eigenvalue weighted by molar-refractivity contribution is 7.90. The van der Waals surface area contributed by atoms with Crippen LogP contribution >= 0.6 is 0 Å². The van der Waals surface area contributed by atoms with Gasteiger partial charge in [-0.1, -0.05) is 24.3 Å². The summed E-state index contributed by atoms with van der Waals surface area (Å²) in [6.07, 6.45) is 8.12. The van der Waals surface area contributed by atoms with E-state index in [1.54, 1.807) is 36.5 Å². The maximum atomic E-state index is 15.0. The molecular weight excluding hydrogens is 621 g/mol. The Hall–Kier alpha value is -4.98. The highest BCUT2D eigenvalue weighted by atomic mass is 32.2. The van der Waals surface area contributed by atoms with Gasteiger partial charge in [-0.15, -0.1) is 0 Å². The van der Waals surface area contributed by atoms with Gasteiger partial charge in [0.15, 0.2) is 0 Å². The van der Waals surface area contributed by atoms with Crippen molar-refractivity contribution in [2.24, 2.45) is 0 Å². The maximum Gasteiger partial charge on any atom is 0.269 e. The number of benzene rings is 2. The molecule has 6 aromatic rings. The average molecular weight is 646 g/mol. The van der Waals surface area contributed by atoms with Crippen molar-refractivity contribution >= 4 is 20.0 Å². The fourth-order valence-corrected chi connectivity index (χ4v) is 7.64.